The minimum Gasteiger partial charge on any atom is -0.336 e. The third-order valence-electron chi connectivity index (χ3n) is 2.56. The van der Waals surface area contributed by atoms with Crippen molar-refractivity contribution in [3.8, 4) is 0 Å². The molecule has 0 spiro atoms. The Morgan fingerprint density at radius 2 is 2.53 bits per heavy atom. The molecule has 82 valence electrons. The summed E-state index contributed by atoms with van der Waals surface area (Å²) >= 11 is 3.14. The summed E-state index contributed by atoms with van der Waals surface area (Å²) in [4.78, 5) is 15.9. The number of thioether (sulfide) groups is 1. The number of nitrogens with zero attached hydrogens (tertiary/aromatic N) is 1. The van der Waals surface area contributed by atoms with Gasteiger partial charge in [-0.05, 0) is 24.1 Å². The molecule has 1 fully saturated rings. The lowest BCUT2D eigenvalue weighted by Crippen LogP contribution is -2.31. The van der Waals surface area contributed by atoms with E-state index in [9.17, 15) is 4.79 Å². The van der Waals surface area contributed by atoms with Gasteiger partial charge in [0.15, 0.2) is 0 Å². The number of hydrogen-bond donors (Lipinski definition) is 1. The van der Waals surface area contributed by atoms with Crippen molar-refractivity contribution in [2.75, 3.05) is 19.3 Å². The van der Waals surface area contributed by atoms with E-state index < -0.39 is 0 Å². The molecule has 1 aromatic heterocycles. The molecule has 5 heteroatoms. The predicted molar refractivity (Wildman–Crippen MR) is 64.6 cm³/mol. The lowest BCUT2D eigenvalue weighted by atomic mass is 10.3. The Balaban J connectivity index is 2.14. The maximum absolute atomic E-state index is 12.1. The maximum Gasteiger partial charge on any atom is 0.265 e. The lowest BCUT2D eigenvalue weighted by Gasteiger charge is -2.15. The molecule has 1 unspecified atom stereocenters. The molecule has 0 radical (unpaired) electrons. The summed E-state index contributed by atoms with van der Waals surface area (Å²) in [7, 11) is 0. The van der Waals surface area contributed by atoms with Gasteiger partial charge >= 0.3 is 0 Å². The van der Waals surface area contributed by atoms with Crippen molar-refractivity contribution >= 4 is 29.0 Å². The largest absolute Gasteiger partial charge is 0.336 e. The second-order valence-corrected chi connectivity index (χ2v) is 5.38. The first-order valence-corrected chi connectivity index (χ1v) is 6.99. The van der Waals surface area contributed by atoms with Crippen LogP contribution in [0.4, 0.5) is 0 Å². The Labute approximate surface area is 97.6 Å². The van der Waals surface area contributed by atoms with Gasteiger partial charge < -0.3 is 10.6 Å². The Morgan fingerprint density at radius 1 is 1.73 bits per heavy atom. The zero-order valence-electron chi connectivity index (χ0n) is 8.60. The molecular formula is C10H14N2OS2. The summed E-state index contributed by atoms with van der Waals surface area (Å²) in [5, 5.41) is 1.97. The van der Waals surface area contributed by atoms with Crippen LogP contribution in [-0.4, -0.2) is 36.2 Å². The van der Waals surface area contributed by atoms with Crippen LogP contribution in [0.2, 0.25) is 0 Å². The monoisotopic (exact) mass is 242 g/mol. The zero-order chi connectivity index (χ0) is 10.8. The second-order valence-electron chi connectivity index (χ2n) is 3.62. The van der Waals surface area contributed by atoms with Crippen LogP contribution in [0, 0.1) is 0 Å². The number of amides is 1. The van der Waals surface area contributed by atoms with Crippen molar-refractivity contribution in [2.45, 2.75) is 17.4 Å². The summed E-state index contributed by atoms with van der Waals surface area (Å²) in [6, 6.07) is 2.16. The summed E-state index contributed by atoms with van der Waals surface area (Å²) in [5.74, 6) is 0.141. The Hall–Kier alpha value is -0.520. The number of carbonyl (C=O) groups excluding carboxylic acids is 1. The van der Waals surface area contributed by atoms with E-state index in [0.29, 0.717) is 6.54 Å². The van der Waals surface area contributed by atoms with Gasteiger partial charge in [0.05, 0.1) is 0 Å². The highest BCUT2D eigenvalue weighted by molar-refractivity contribution is 7.98. The maximum atomic E-state index is 12.1. The van der Waals surface area contributed by atoms with Crippen LogP contribution in [0.15, 0.2) is 16.3 Å². The third kappa shape index (κ3) is 2.19. The first-order chi connectivity index (χ1) is 7.22. The summed E-state index contributed by atoms with van der Waals surface area (Å²) in [6.45, 7) is 1.50. The summed E-state index contributed by atoms with van der Waals surface area (Å²) in [5.41, 5.74) is 5.79. The first-order valence-electron chi connectivity index (χ1n) is 4.88. The average molecular weight is 242 g/mol. The van der Waals surface area contributed by atoms with Crippen LogP contribution in [0.1, 0.15) is 16.1 Å². The smallest absolute Gasteiger partial charge is 0.265 e. The van der Waals surface area contributed by atoms with E-state index >= 15 is 0 Å². The van der Waals surface area contributed by atoms with Crippen molar-refractivity contribution in [2.24, 2.45) is 5.73 Å². The van der Waals surface area contributed by atoms with E-state index in [-0.39, 0.29) is 11.9 Å². The number of nitrogens with two attached hydrogens (primary N) is 1. The van der Waals surface area contributed by atoms with Gasteiger partial charge in [-0.3, -0.25) is 4.79 Å². The molecule has 0 bridgehead atoms. The molecule has 1 atom stereocenters. The van der Waals surface area contributed by atoms with Crippen LogP contribution in [0.25, 0.3) is 0 Å². The number of rotatable bonds is 2. The van der Waals surface area contributed by atoms with Crippen LogP contribution in [0.5, 0.6) is 0 Å². The lowest BCUT2D eigenvalue weighted by molar-refractivity contribution is 0.0792. The highest BCUT2D eigenvalue weighted by Gasteiger charge is 2.26. The number of hydrogen-bond acceptors (Lipinski definition) is 4. The fourth-order valence-electron chi connectivity index (χ4n) is 1.73. The summed E-state index contributed by atoms with van der Waals surface area (Å²) in [6.07, 6.45) is 2.92. The first kappa shape index (κ1) is 11.0. The SMILES string of the molecule is CSc1ccsc1C(=O)N1CCC(N)C1. The van der Waals surface area contributed by atoms with Crippen LogP contribution in [0.3, 0.4) is 0 Å². The predicted octanol–water partition coefficient (Wildman–Crippen LogP) is 1.64. The molecule has 1 saturated heterocycles. The Kier molecular flexibility index (Phi) is 3.33. The molecule has 15 heavy (non-hydrogen) atoms. The molecule has 3 nitrogen and oxygen atoms in total. The van der Waals surface area contributed by atoms with Crippen LogP contribution < -0.4 is 5.73 Å². The molecule has 1 aliphatic rings. The highest BCUT2D eigenvalue weighted by Crippen LogP contribution is 2.27. The third-order valence-corrected chi connectivity index (χ3v) is 4.37. The van der Waals surface area contributed by atoms with Gasteiger partial charge in [0.25, 0.3) is 5.91 Å². The standard InChI is InChI=1S/C10H14N2OS2/c1-14-8-3-5-15-9(8)10(13)12-4-2-7(11)6-12/h3,5,7H,2,4,6,11H2,1H3. The van der Waals surface area contributed by atoms with E-state index in [1.807, 2.05) is 22.6 Å². The van der Waals surface area contributed by atoms with E-state index in [1.165, 1.54) is 11.3 Å². The van der Waals surface area contributed by atoms with Crippen LogP contribution >= 0.6 is 23.1 Å². The van der Waals surface area contributed by atoms with Gasteiger partial charge in [-0.25, -0.2) is 0 Å². The molecule has 1 amide bonds. The van der Waals surface area contributed by atoms with E-state index in [1.54, 1.807) is 11.8 Å². The minimum atomic E-state index is 0.141. The van der Waals surface area contributed by atoms with Crippen molar-refractivity contribution in [3.05, 3.63) is 16.3 Å². The van der Waals surface area contributed by atoms with Gasteiger partial charge in [0, 0.05) is 24.0 Å². The van der Waals surface area contributed by atoms with Crippen LogP contribution in [-0.2, 0) is 0 Å². The van der Waals surface area contributed by atoms with E-state index in [2.05, 4.69) is 0 Å². The number of likely N-dealkylation sites (tertiary alicyclic amines) is 1. The van der Waals surface area contributed by atoms with E-state index in [0.717, 1.165) is 22.7 Å². The van der Waals surface area contributed by atoms with Gasteiger partial charge in [0.1, 0.15) is 4.88 Å². The molecule has 0 aliphatic carbocycles. The normalized spacial score (nSPS) is 20.9. The average Bonchev–Trinajstić information content (AvgIpc) is 2.84. The summed E-state index contributed by atoms with van der Waals surface area (Å²) < 4.78 is 0. The van der Waals surface area contributed by atoms with Crippen molar-refractivity contribution in [3.63, 3.8) is 0 Å². The quantitative estimate of drug-likeness (QED) is 0.802. The molecule has 1 aromatic rings. The molecule has 2 rings (SSSR count). The number of thiophene rings is 1. The van der Waals surface area contributed by atoms with Gasteiger partial charge in [0.2, 0.25) is 0 Å². The topological polar surface area (TPSA) is 46.3 Å². The molecule has 1 aliphatic heterocycles. The Morgan fingerprint density at radius 3 is 3.13 bits per heavy atom. The fraction of sp³-hybridized carbons (Fsp3) is 0.500. The highest BCUT2D eigenvalue weighted by atomic mass is 32.2. The number of carbonyl (C=O) groups is 1. The molecular weight excluding hydrogens is 228 g/mol. The minimum absolute atomic E-state index is 0.141. The fourth-order valence-corrected chi connectivity index (χ4v) is 3.44. The molecule has 0 aromatic carbocycles. The van der Waals surface area contributed by atoms with Crippen molar-refractivity contribution in [1.29, 1.82) is 0 Å². The van der Waals surface area contributed by atoms with Crippen molar-refractivity contribution in [1.82, 2.24) is 4.90 Å². The van der Waals surface area contributed by atoms with E-state index in [4.69, 9.17) is 5.73 Å². The van der Waals surface area contributed by atoms with Gasteiger partial charge in [-0.1, -0.05) is 0 Å². The zero-order valence-corrected chi connectivity index (χ0v) is 10.2. The second kappa shape index (κ2) is 4.55. The molecule has 0 saturated carbocycles. The Bertz CT molecular complexity index is 364. The molecule has 2 heterocycles. The van der Waals surface area contributed by atoms with Gasteiger partial charge in [-0.15, -0.1) is 23.1 Å². The van der Waals surface area contributed by atoms with Crippen molar-refractivity contribution < 1.29 is 4.79 Å². The molecule has 2 N–H and O–H groups in total. The van der Waals surface area contributed by atoms with Gasteiger partial charge in [-0.2, -0.15) is 0 Å².